The highest BCUT2D eigenvalue weighted by Gasteiger charge is 2.13. The molecule has 0 radical (unpaired) electrons. The smallest absolute Gasteiger partial charge is 0.174 e. The van der Waals surface area contributed by atoms with Crippen LogP contribution in [0.5, 0.6) is 0 Å². The second-order valence-corrected chi connectivity index (χ2v) is 5.22. The number of tetrazole rings is 1. The Labute approximate surface area is 126 Å². The lowest BCUT2D eigenvalue weighted by atomic mass is 10.1. The maximum atomic E-state index is 5.53. The van der Waals surface area contributed by atoms with Crippen molar-refractivity contribution in [1.82, 2.24) is 25.4 Å². The Balaban J connectivity index is 1.90. The number of rotatable bonds is 2. The van der Waals surface area contributed by atoms with Crippen LogP contribution in [0.1, 0.15) is 11.4 Å². The minimum Gasteiger partial charge on any atom is -0.355 e. The molecule has 0 aliphatic carbocycles. The van der Waals surface area contributed by atoms with Gasteiger partial charge in [-0.2, -0.15) is 4.68 Å². The molecule has 0 amide bonds. The number of aromatic nitrogens is 5. The fraction of sp³-hybridized carbons (Fsp3) is 0.125. The lowest BCUT2D eigenvalue weighted by Gasteiger charge is -2.02. The van der Waals surface area contributed by atoms with Crippen molar-refractivity contribution < 1.29 is 4.52 Å². The summed E-state index contributed by atoms with van der Waals surface area (Å²) in [6, 6.07) is 14.0. The zero-order chi connectivity index (χ0) is 15.1. The van der Waals surface area contributed by atoms with E-state index in [-0.39, 0.29) is 0 Å². The van der Waals surface area contributed by atoms with Gasteiger partial charge in [-0.05, 0) is 42.5 Å². The molecule has 0 unspecified atom stereocenters. The number of benzene rings is 2. The lowest BCUT2D eigenvalue weighted by Crippen LogP contribution is -1.98. The predicted octanol–water partition coefficient (Wildman–Crippen LogP) is 3.09. The van der Waals surface area contributed by atoms with Crippen LogP contribution >= 0.6 is 0 Å². The van der Waals surface area contributed by atoms with E-state index in [0.29, 0.717) is 0 Å². The van der Waals surface area contributed by atoms with Crippen molar-refractivity contribution in [1.29, 1.82) is 0 Å². The van der Waals surface area contributed by atoms with Crippen LogP contribution in [0.2, 0.25) is 0 Å². The highest BCUT2D eigenvalue weighted by Crippen LogP contribution is 2.30. The van der Waals surface area contributed by atoms with E-state index < -0.39 is 0 Å². The molecule has 0 saturated heterocycles. The van der Waals surface area contributed by atoms with Crippen LogP contribution in [-0.4, -0.2) is 25.4 Å². The summed E-state index contributed by atoms with van der Waals surface area (Å²) in [5, 5.41) is 16.7. The van der Waals surface area contributed by atoms with E-state index in [2.05, 4.69) is 39.7 Å². The van der Waals surface area contributed by atoms with Crippen LogP contribution in [0, 0.1) is 13.8 Å². The molecule has 2 aromatic heterocycles. The topological polar surface area (TPSA) is 69.6 Å². The van der Waals surface area contributed by atoms with Gasteiger partial charge in [0.15, 0.2) is 11.6 Å². The van der Waals surface area contributed by atoms with E-state index in [1.54, 1.807) is 4.68 Å². The van der Waals surface area contributed by atoms with Crippen LogP contribution in [0.15, 0.2) is 47.0 Å². The molecule has 0 fully saturated rings. The summed E-state index contributed by atoms with van der Waals surface area (Å²) in [5.74, 6) is 1.48. The Kier molecular flexibility index (Phi) is 2.75. The molecule has 6 nitrogen and oxygen atoms in total. The molecule has 0 saturated carbocycles. The molecule has 4 aromatic rings. The first kappa shape index (κ1) is 12.7. The quantitative estimate of drug-likeness (QED) is 0.567. The van der Waals surface area contributed by atoms with E-state index in [0.717, 1.165) is 33.7 Å². The third-order valence-electron chi connectivity index (χ3n) is 3.64. The molecule has 2 aromatic carbocycles. The zero-order valence-corrected chi connectivity index (χ0v) is 12.2. The highest BCUT2D eigenvalue weighted by atomic mass is 16.5. The monoisotopic (exact) mass is 291 g/mol. The number of nitrogens with zero attached hydrogens (tertiary/aromatic N) is 5. The first-order valence-electron chi connectivity index (χ1n) is 6.94. The molecule has 22 heavy (non-hydrogen) atoms. The molecule has 0 bridgehead atoms. The van der Waals surface area contributed by atoms with Crippen LogP contribution in [-0.2, 0) is 0 Å². The maximum Gasteiger partial charge on any atom is 0.174 e. The largest absolute Gasteiger partial charge is 0.355 e. The van der Waals surface area contributed by atoms with Gasteiger partial charge < -0.3 is 4.52 Å². The van der Waals surface area contributed by atoms with Crippen molar-refractivity contribution in [2.24, 2.45) is 0 Å². The van der Waals surface area contributed by atoms with E-state index in [1.807, 2.05) is 37.3 Å². The van der Waals surface area contributed by atoms with Crippen LogP contribution < -0.4 is 0 Å². The van der Waals surface area contributed by atoms with Gasteiger partial charge in [0.2, 0.25) is 0 Å². The molecule has 2 heterocycles. The summed E-state index contributed by atoms with van der Waals surface area (Å²) >= 11 is 0. The van der Waals surface area contributed by atoms with Crippen molar-refractivity contribution in [3.63, 3.8) is 0 Å². The lowest BCUT2D eigenvalue weighted by molar-refractivity contribution is 0.441. The van der Waals surface area contributed by atoms with Crippen LogP contribution in [0.4, 0.5) is 0 Å². The van der Waals surface area contributed by atoms with Gasteiger partial charge in [0.25, 0.3) is 0 Å². The Morgan fingerprint density at radius 1 is 1.00 bits per heavy atom. The molecule has 0 atom stereocenters. The fourth-order valence-electron chi connectivity index (χ4n) is 2.44. The number of hydrogen-bond donors (Lipinski definition) is 0. The number of hydrogen-bond acceptors (Lipinski definition) is 5. The van der Waals surface area contributed by atoms with Gasteiger partial charge in [-0.15, -0.1) is 5.10 Å². The molecule has 108 valence electrons. The molecule has 0 aliphatic rings. The first-order valence-corrected chi connectivity index (χ1v) is 6.94. The van der Waals surface area contributed by atoms with Gasteiger partial charge in [-0.1, -0.05) is 35.0 Å². The normalized spacial score (nSPS) is 11.2. The number of aryl methyl sites for hydroxylation is 2. The standard InChI is InChI=1S/C16H13N5O/c1-10-3-5-12(6-4-10)16-14-9-13(7-8-15(14)18-22-16)21-11(2)17-19-20-21/h3-9H,1-2H3. The second kappa shape index (κ2) is 4.77. The van der Waals surface area contributed by atoms with Crippen molar-refractivity contribution >= 4 is 10.9 Å². The third-order valence-corrected chi connectivity index (χ3v) is 3.64. The van der Waals surface area contributed by atoms with E-state index in [1.165, 1.54) is 5.56 Å². The van der Waals surface area contributed by atoms with Gasteiger partial charge in [0.05, 0.1) is 11.1 Å². The van der Waals surface area contributed by atoms with E-state index in [4.69, 9.17) is 4.52 Å². The first-order chi connectivity index (χ1) is 10.7. The van der Waals surface area contributed by atoms with Crippen molar-refractivity contribution in [2.75, 3.05) is 0 Å². The van der Waals surface area contributed by atoms with Gasteiger partial charge >= 0.3 is 0 Å². The van der Waals surface area contributed by atoms with Gasteiger partial charge in [0, 0.05) is 5.56 Å². The minimum absolute atomic E-state index is 0.729. The Bertz CT molecular complexity index is 952. The second-order valence-electron chi connectivity index (χ2n) is 5.22. The van der Waals surface area contributed by atoms with Gasteiger partial charge in [-0.3, -0.25) is 0 Å². The summed E-state index contributed by atoms with van der Waals surface area (Å²) in [5.41, 5.74) is 3.90. The molecule has 4 rings (SSSR count). The third kappa shape index (κ3) is 1.96. The Morgan fingerprint density at radius 3 is 2.55 bits per heavy atom. The highest BCUT2D eigenvalue weighted by molar-refractivity contribution is 5.92. The van der Waals surface area contributed by atoms with E-state index in [9.17, 15) is 0 Å². The van der Waals surface area contributed by atoms with Crippen molar-refractivity contribution in [3.05, 3.63) is 53.9 Å². The predicted molar refractivity (Wildman–Crippen MR) is 81.6 cm³/mol. The van der Waals surface area contributed by atoms with E-state index >= 15 is 0 Å². The number of fused-ring (bicyclic) bond motifs is 1. The summed E-state index contributed by atoms with van der Waals surface area (Å²) in [6.45, 7) is 3.92. The molecule has 0 aliphatic heterocycles. The summed E-state index contributed by atoms with van der Waals surface area (Å²) < 4.78 is 7.22. The summed E-state index contributed by atoms with van der Waals surface area (Å²) in [7, 11) is 0. The van der Waals surface area contributed by atoms with Gasteiger partial charge in [0.1, 0.15) is 5.52 Å². The van der Waals surface area contributed by atoms with Crippen molar-refractivity contribution in [2.45, 2.75) is 13.8 Å². The minimum atomic E-state index is 0.729. The Hall–Kier alpha value is -3.02. The zero-order valence-electron chi connectivity index (χ0n) is 12.2. The van der Waals surface area contributed by atoms with Crippen molar-refractivity contribution in [3.8, 4) is 17.0 Å². The maximum absolute atomic E-state index is 5.53. The Morgan fingerprint density at radius 2 is 1.82 bits per heavy atom. The summed E-state index contributed by atoms with van der Waals surface area (Å²) in [6.07, 6.45) is 0. The molecular weight excluding hydrogens is 278 g/mol. The molecule has 6 heteroatoms. The molecule has 0 N–H and O–H groups in total. The van der Waals surface area contributed by atoms with Gasteiger partial charge in [-0.25, -0.2) is 0 Å². The van der Waals surface area contributed by atoms with Crippen LogP contribution in [0.25, 0.3) is 27.9 Å². The fourth-order valence-corrected chi connectivity index (χ4v) is 2.44. The molecular formula is C16H13N5O. The van der Waals surface area contributed by atoms with Crippen LogP contribution in [0.3, 0.4) is 0 Å². The average Bonchev–Trinajstić information content (AvgIpc) is 3.13. The SMILES string of the molecule is Cc1ccc(-c2onc3ccc(-n4nnnc4C)cc23)cc1. The average molecular weight is 291 g/mol. The summed E-state index contributed by atoms with van der Waals surface area (Å²) in [4.78, 5) is 0. The molecule has 0 spiro atoms.